The minimum absolute atomic E-state index is 0.0144. The van der Waals surface area contributed by atoms with Gasteiger partial charge in [-0.3, -0.25) is 0 Å². The van der Waals surface area contributed by atoms with E-state index in [4.69, 9.17) is 4.74 Å². The Morgan fingerprint density at radius 2 is 1.85 bits per heavy atom. The molecular weight excluding hydrogens is 266 g/mol. The normalized spacial score (nSPS) is 13.4. The van der Waals surface area contributed by atoms with Crippen LogP contribution in [0.5, 0.6) is 0 Å². The molecule has 1 aromatic rings. The molecule has 0 aromatic carbocycles. The molecule has 0 amide bonds. The van der Waals surface area contributed by atoms with E-state index in [1.165, 1.54) is 18.2 Å². The standard InChI is InChI=1S/C13H17NO6/c1-3-19-12(17)9-7-5-6-8(14-9)10(15)11(16)13(18)20-4-2/h5-7,10-11,15-16H,3-4H2,1-2H3. The number of aromatic nitrogens is 1. The average Bonchev–Trinajstić information content (AvgIpc) is 2.46. The molecule has 2 N–H and O–H groups in total. The first kappa shape index (κ1) is 16.1. The Morgan fingerprint density at radius 3 is 2.45 bits per heavy atom. The first-order valence-corrected chi connectivity index (χ1v) is 6.18. The maximum atomic E-state index is 11.5. The van der Waals surface area contributed by atoms with Crippen LogP contribution in [0.1, 0.15) is 36.1 Å². The Morgan fingerprint density at radius 1 is 1.20 bits per heavy atom. The lowest BCUT2D eigenvalue weighted by atomic mass is 10.1. The summed E-state index contributed by atoms with van der Waals surface area (Å²) in [5, 5.41) is 19.5. The largest absolute Gasteiger partial charge is 0.464 e. The zero-order chi connectivity index (χ0) is 15.1. The summed E-state index contributed by atoms with van der Waals surface area (Å²) in [7, 11) is 0. The monoisotopic (exact) mass is 283 g/mol. The number of ether oxygens (including phenoxy) is 2. The van der Waals surface area contributed by atoms with Gasteiger partial charge in [-0.1, -0.05) is 6.07 Å². The first-order chi connectivity index (χ1) is 9.51. The van der Waals surface area contributed by atoms with E-state index in [2.05, 4.69) is 9.72 Å². The lowest BCUT2D eigenvalue weighted by Gasteiger charge is -2.16. The summed E-state index contributed by atoms with van der Waals surface area (Å²) in [6, 6.07) is 4.26. The van der Waals surface area contributed by atoms with Gasteiger partial charge >= 0.3 is 11.9 Å². The molecule has 0 aliphatic carbocycles. The van der Waals surface area contributed by atoms with Gasteiger partial charge in [-0.25, -0.2) is 14.6 Å². The number of carbonyl (C=O) groups excluding carboxylic acids is 2. The van der Waals surface area contributed by atoms with Crippen molar-refractivity contribution in [1.82, 2.24) is 4.98 Å². The third kappa shape index (κ3) is 4.01. The van der Waals surface area contributed by atoms with Gasteiger partial charge in [-0.15, -0.1) is 0 Å². The molecule has 0 saturated heterocycles. The molecule has 7 heteroatoms. The fraction of sp³-hybridized carbons (Fsp3) is 0.462. The van der Waals surface area contributed by atoms with Gasteiger partial charge < -0.3 is 19.7 Å². The van der Waals surface area contributed by atoms with Crippen molar-refractivity contribution in [3.63, 3.8) is 0 Å². The van der Waals surface area contributed by atoms with Crippen molar-refractivity contribution in [1.29, 1.82) is 0 Å². The molecule has 0 bridgehead atoms. The fourth-order valence-corrected chi connectivity index (χ4v) is 1.45. The van der Waals surface area contributed by atoms with E-state index in [0.717, 1.165) is 0 Å². The number of pyridine rings is 1. The first-order valence-electron chi connectivity index (χ1n) is 6.18. The lowest BCUT2D eigenvalue weighted by molar-refractivity contribution is -0.159. The number of rotatable bonds is 6. The molecule has 20 heavy (non-hydrogen) atoms. The third-order valence-corrected chi connectivity index (χ3v) is 2.39. The molecule has 2 unspecified atom stereocenters. The number of esters is 2. The summed E-state index contributed by atoms with van der Waals surface area (Å²) in [5.41, 5.74) is -0.0319. The molecule has 0 radical (unpaired) electrons. The predicted molar refractivity (Wildman–Crippen MR) is 67.8 cm³/mol. The molecule has 7 nitrogen and oxygen atoms in total. The summed E-state index contributed by atoms with van der Waals surface area (Å²) in [5.74, 6) is -1.60. The topological polar surface area (TPSA) is 106 Å². The zero-order valence-electron chi connectivity index (χ0n) is 11.3. The second-order valence-electron chi connectivity index (χ2n) is 3.81. The minimum atomic E-state index is -1.76. The smallest absolute Gasteiger partial charge is 0.356 e. The summed E-state index contributed by atoms with van der Waals surface area (Å²) in [6.45, 7) is 3.51. The van der Waals surface area contributed by atoms with Gasteiger partial charge in [0, 0.05) is 0 Å². The third-order valence-electron chi connectivity index (χ3n) is 2.39. The summed E-state index contributed by atoms with van der Waals surface area (Å²) in [4.78, 5) is 26.7. The van der Waals surface area contributed by atoms with Gasteiger partial charge in [0.2, 0.25) is 0 Å². The number of carbonyl (C=O) groups is 2. The highest BCUT2D eigenvalue weighted by molar-refractivity contribution is 5.87. The minimum Gasteiger partial charge on any atom is -0.464 e. The average molecular weight is 283 g/mol. The molecular formula is C13H17NO6. The van der Waals surface area contributed by atoms with E-state index < -0.39 is 24.1 Å². The predicted octanol–water partition coefficient (Wildman–Crippen LogP) is 0.216. The number of aliphatic hydroxyl groups excluding tert-OH is 2. The zero-order valence-corrected chi connectivity index (χ0v) is 11.3. The molecule has 1 aromatic heterocycles. The van der Waals surface area contributed by atoms with E-state index >= 15 is 0 Å². The number of hydrogen-bond donors (Lipinski definition) is 2. The Balaban J connectivity index is 2.88. The van der Waals surface area contributed by atoms with Crippen molar-refractivity contribution in [3.8, 4) is 0 Å². The highest BCUT2D eigenvalue weighted by Gasteiger charge is 2.28. The van der Waals surface area contributed by atoms with Crippen LogP contribution >= 0.6 is 0 Å². The number of nitrogens with zero attached hydrogens (tertiary/aromatic N) is 1. The maximum Gasteiger partial charge on any atom is 0.356 e. The Kier molecular flexibility index (Phi) is 6.08. The summed E-state index contributed by atoms with van der Waals surface area (Å²) >= 11 is 0. The number of hydrogen-bond acceptors (Lipinski definition) is 7. The molecule has 0 spiro atoms. The van der Waals surface area contributed by atoms with Gasteiger partial charge in [0.25, 0.3) is 0 Å². The number of aliphatic hydroxyl groups is 2. The molecule has 0 aliphatic heterocycles. The molecule has 1 heterocycles. The molecule has 0 fully saturated rings. The van der Waals surface area contributed by atoms with Crippen LogP contribution in [-0.2, 0) is 14.3 Å². The fourth-order valence-electron chi connectivity index (χ4n) is 1.45. The summed E-state index contributed by atoms with van der Waals surface area (Å²) < 4.78 is 9.37. The van der Waals surface area contributed by atoms with Crippen molar-refractivity contribution in [2.24, 2.45) is 0 Å². The van der Waals surface area contributed by atoms with E-state index in [0.29, 0.717) is 0 Å². The molecule has 2 atom stereocenters. The molecule has 0 aliphatic rings. The van der Waals surface area contributed by atoms with Gasteiger partial charge in [-0.2, -0.15) is 0 Å². The van der Waals surface area contributed by atoms with Gasteiger partial charge in [-0.05, 0) is 26.0 Å². The van der Waals surface area contributed by atoms with Crippen LogP contribution in [-0.4, -0.2) is 46.5 Å². The molecule has 1 rings (SSSR count). The maximum absolute atomic E-state index is 11.5. The van der Waals surface area contributed by atoms with Gasteiger partial charge in [0.15, 0.2) is 6.10 Å². The van der Waals surface area contributed by atoms with Gasteiger partial charge in [0.05, 0.1) is 18.9 Å². The second kappa shape index (κ2) is 7.56. The Labute approximate surface area is 116 Å². The molecule has 0 saturated carbocycles. The van der Waals surface area contributed by atoms with E-state index in [9.17, 15) is 19.8 Å². The highest BCUT2D eigenvalue weighted by atomic mass is 16.5. The van der Waals surface area contributed by atoms with Crippen molar-refractivity contribution in [3.05, 3.63) is 29.6 Å². The van der Waals surface area contributed by atoms with Crippen LogP contribution in [0.2, 0.25) is 0 Å². The highest BCUT2D eigenvalue weighted by Crippen LogP contribution is 2.16. The summed E-state index contributed by atoms with van der Waals surface area (Å²) in [6.07, 6.45) is -3.34. The second-order valence-corrected chi connectivity index (χ2v) is 3.81. The molecule has 110 valence electrons. The van der Waals surface area contributed by atoms with Crippen LogP contribution < -0.4 is 0 Å². The van der Waals surface area contributed by atoms with Crippen LogP contribution in [0.15, 0.2) is 18.2 Å². The van der Waals surface area contributed by atoms with Gasteiger partial charge in [0.1, 0.15) is 11.8 Å². The van der Waals surface area contributed by atoms with Crippen molar-refractivity contribution in [2.75, 3.05) is 13.2 Å². The van der Waals surface area contributed by atoms with Crippen molar-refractivity contribution < 1.29 is 29.3 Å². The van der Waals surface area contributed by atoms with Crippen LogP contribution in [0.4, 0.5) is 0 Å². The van der Waals surface area contributed by atoms with E-state index in [-0.39, 0.29) is 24.6 Å². The SMILES string of the molecule is CCOC(=O)c1cccc(C(O)C(O)C(=O)OCC)n1. The van der Waals surface area contributed by atoms with Crippen LogP contribution in [0.25, 0.3) is 0 Å². The van der Waals surface area contributed by atoms with Crippen LogP contribution in [0.3, 0.4) is 0 Å². The Bertz CT molecular complexity index is 476. The quantitative estimate of drug-likeness (QED) is 0.719. The van der Waals surface area contributed by atoms with Crippen molar-refractivity contribution in [2.45, 2.75) is 26.1 Å². The van der Waals surface area contributed by atoms with Crippen LogP contribution in [0, 0.1) is 0 Å². The lowest BCUT2D eigenvalue weighted by Crippen LogP contribution is -2.30. The van der Waals surface area contributed by atoms with Crippen molar-refractivity contribution >= 4 is 11.9 Å². The van der Waals surface area contributed by atoms with E-state index in [1.807, 2.05) is 0 Å². The van der Waals surface area contributed by atoms with E-state index in [1.54, 1.807) is 13.8 Å². The Hall–Kier alpha value is -1.99.